The summed E-state index contributed by atoms with van der Waals surface area (Å²) in [6, 6.07) is 15.4. The van der Waals surface area contributed by atoms with Gasteiger partial charge in [0.2, 0.25) is 5.91 Å². The van der Waals surface area contributed by atoms with Crippen molar-refractivity contribution in [3.8, 4) is 16.9 Å². The lowest BCUT2D eigenvalue weighted by Gasteiger charge is -2.20. The highest BCUT2D eigenvalue weighted by Crippen LogP contribution is 2.43. The third-order valence-corrected chi connectivity index (χ3v) is 7.11. The maximum absolute atomic E-state index is 13.7. The number of amides is 1. The molecule has 208 valence electrons. The van der Waals surface area contributed by atoms with Crippen molar-refractivity contribution < 1.29 is 32.2 Å². The number of nitrogens with one attached hydrogen (secondary N) is 1. The average molecular weight is 561 g/mol. The molecule has 1 aliphatic heterocycles. The number of fused-ring (bicyclic) bond motifs is 1. The molecule has 0 radical (unpaired) electrons. The topological polar surface area (TPSA) is 67.9 Å². The number of alkyl halides is 3. The maximum atomic E-state index is 13.7. The van der Waals surface area contributed by atoms with Crippen molar-refractivity contribution in [3.63, 3.8) is 0 Å². The van der Waals surface area contributed by atoms with Gasteiger partial charge in [0.1, 0.15) is 22.8 Å². The van der Waals surface area contributed by atoms with E-state index in [2.05, 4.69) is 5.32 Å². The Hall–Kier alpha value is -3.37. The Bertz CT molecular complexity index is 1320. The first-order valence-electron chi connectivity index (χ1n) is 12.6. The Morgan fingerprint density at radius 2 is 1.79 bits per heavy atom. The van der Waals surface area contributed by atoms with Crippen LogP contribution in [0.4, 0.5) is 18.9 Å². The number of carbonyl (C=O) groups excluding carboxylic acids is 2. The third kappa shape index (κ3) is 7.60. The minimum absolute atomic E-state index is 0.00529. The van der Waals surface area contributed by atoms with E-state index in [0.29, 0.717) is 47.0 Å². The van der Waals surface area contributed by atoms with Gasteiger partial charge in [-0.1, -0.05) is 30.3 Å². The van der Waals surface area contributed by atoms with Crippen LogP contribution >= 0.6 is 11.3 Å². The molecular formula is C29H31F3N2O4S. The number of hydrogen-bond acceptors (Lipinski definition) is 6. The number of thiophene rings is 1. The lowest BCUT2D eigenvalue weighted by molar-refractivity contribution is -0.153. The molecule has 10 heteroatoms. The third-order valence-electron chi connectivity index (χ3n) is 5.96. The minimum atomic E-state index is -4.46. The lowest BCUT2D eigenvalue weighted by Crippen LogP contribution is -2.35. The fourth-order valence-electron chi connectivity index (χ4n) is 4.34. The largest absolute Gasteiger partial charge is 0.488 e. The molecule has 4 rings (SSSR count). The van der Waals surface area contributed by atoms with Crippen LogP contribution in [-0.4, -0.2) is 37.1 Å². The van der Waals surface area contributed by atoms with E-state index in [9.17, 15) is 22.8 Å². The second-order valence-electron chi connectivity index (χ2n) is 10.2. The molecule has 0 aliphatic carbocycles. The molecule has 1 aliphatic rings. The second kappa shape index (κ2) is 11.8. The summed E-state index contributed by atoms with van der Waals surface area (Å²) in [6.07, 6.45) is -3.58. The van der Waals surface area contributed by atoms with Crippen LogP contribution in [0, 0.1) is 0 Å². The van der Waals surface area contributed by atoms with Crippen molar-refractivity contribution in [1.29, 1.82) is 0 Å². The van der Waals surface area contributed by atoms with Crippen LogP contribution in [0.2, 0.25) is 0 Å². The van der Waals surface area contributed by atoms with E-state index in [1.165, 1.54) is 6.07 Å². The van der Waals surface area contributed by atoms with Crippen molar-refractivity contribution in [2.24, 2.45) is 0 Å². The molecule has 1 amide bonds. The zero-order valence-electron chi connectivity index (χ0n) is 22.1. The van der Waals surface area contributed by atoms with Crippen LogP contribution in [-0.2, 0) is 33.5 Å². The number of nitrogens with zero attached hydrogens (tertiary/aromatic N) is 1. The monoisotopic (exact) mass is 560 g/mol. The van der Waals surface area contributed by atoms with E-state index in [4.69, 9.17) is 9.47 Å². The molecule has 0 spiro atoms. The molecule has 6 nitrogen and oxygen atoms in total. The van der Waals surface area contributed by atoms with Crippen LogP contribution in [0.25, 0.3) is 11.1 Å². The van der Waals surface area contributed by atoms with Crippen LogP contribution in [0.1, 0.15) is 42.5 Å². The smallest absolute Gasteiger partial charge is 0.426 e. The first kappa shape index (κ1) is 28.6. The Morgan fingerprint density at radius 1 is 1.05 bits per heavy atom. The number of anilines is 1. The van der Waals surface area contributed by atoms with E-state index in [0.717, 1.165) is 11.3 Å². The Kier molecular flexibility index (Phi) is 8.66. The number of benzene rings is 2. The summed E-state index contributed by atoms with van der Waals surface area (Å²) in [4.78, 5) is 26.1. The predicted octanol–water partition coefficient (Wildman–Crippen LogP) is 6.22. The van der Waals surface area contributed by atoms with Gasteiger partial charge in [0.25, 0.3) is 0 Å². The molecule has 0 saturated carbocycles. The number of rotatable bonds is 9. The molecule has 39 heavy (non-hydrogen) atoms. The van der Waals surface area contributed by atoms with Crippen LogP contribution in [0.3, 0.4) is 0 Å². The molecule has 2 aromatic carbocycles. The van der Waals surface area contributed by atoms with Gasteiger partial charge in [0, 0.05) is 35.6 Å². The second-order valence-corrected chi connectivity index (χ2v) is 11.3. The quantitative estimate of drug-likeness (QED) is 0.249. The van der Waals surface area contributed by atoms with Gasteiger partial charge in [0.15, 0.2) is 0 Å². The van der Waals surface area contributed by atoms with Gasteiger partial charge in [-0.15, -0.1) is 11.3 Å². The van der Waals surface area contributed by atoms with E-state index >= 15 is 0 Å². The zero-order chi connectivity index (χ0) is 28.2. The highest BCUT2D eigenvalue weighted by Gasteiger charge is 2.36. The molecule has 1 N–H and O–H groups in total. The number of halogens is 3. The summed E-state index contributed by atoms with van der Waals surface area (Å²) in [5.41, 5.74) is 1.83. The van der Waals surface area contributed by atoms with Gasteiger partial charge in [-0.3, -0.25) is 9.59 Å². The van der Waals surface area contributed by atoms with Crippen LogP contribution in [0.5, 0.6) is 5.75 Å². The van der Waals surface area contributed by atoms with Gasteiger partial charge in [-0.25, -0.2) is 0 Å². The summed E-state index contributed by atoms with van der Waals surface area (Å²) in [7, 11) is 0. The minimum Gasteiger partial charge on any atom is -0.488 e. The van der Waals surface area contributed by atoms with Gasteiger partial charge in [0.05, 0.1) is 6.54 Å². The van der Waals surface area contributed by atoms with Gasteiger partial charge >= 0.3 is 12.1 Å². The molecule has 0 fully saturated rings. The number of esters is 1. The number of ether oxygens (including phenoxy) is 2. The van der Waals surface area contributed by atoms with Crippen molar-refractivity contribution in [3.05, 3.63) is 69.9 Å². The fraction of sp³-hybridized carbons (Fsp3) is 0.379. The van der Waals surface area contributed by atoms with E-state index < -0.39 is 16.7 Å². The van der Waals surface area contributed by atoms with Gasteiger partial charge in [-0.2, -0.15) is 13.2 Å². The van der Waals surface area contributed by atoms with Crippen LogP contribution < -0.4 is 15.0 Å². The molecule has 0 bridgehead atoms. The normalized spacial score (nSPS) is 13.3. The predicted molar refractivity (Wildman–Crippen MR) is 145 cm³/mol. The summed E-state index contributed by atoms with van der Waals surface area (Å²) >= 11 is 0.686. The standard InChI is InChI=1S/C29H31F3N2O4S/c1-28(2,3)38-26(36)17-33-13-11-25(35)34-14-12-20-15-21(9-10-24(20)34)37-18-22-16-23(19-7-5-4-6-8-19)27(39-22)29(30,31)32/h4-10,15-16,33H,11-14,17-18H2,1-3H3. The van der Waals surface area contributed by atoms with Crippen molar-refractivity contribution in [2.75, 3.05) is 24.5 Å². The zero-order valence-corrected chi connectivity index (χ0v) is 22.9. The molecule has 0 atom stereocenters. The van der Waals surface area contributed by atoms with Gasteiger partial charge < -0.3 is 19.7 Å². The molecule has 0 unspecified atom stereocenters. The van der Waals surface area contributed by atoms with Crippen LogP contribution in [0.15, 0.2) is 54.6 Å². The Labute approximate surface area is 229 Å². The molecule has 1 aromatic heterocycles. The van der Waals surface area contributed by atoms with E-state index in [1.807, 2.05) is 6.07 Å². The van der Waals surface area contributed by atoms with Crippen molar-refractivity contribution in [1.82, 2.24) is 5.32 Å². The van der Waals surface area contributed by atoms with Crippen molar-refractivity contribution in [2.45, 2.75) is 52.0 Å². The fourth-order valence-corrected chi connectivity index (χ4v) is 5.29. The summed E-state index contributed by atoms with van der Waals surface area (Å²) in [5.74, 6) is 0.0959. The Balaban J connectivity index is 1.34. The highest BCUT2D eigenvalue weighted by molar-refractivity contribution is 7.12. The first-order valence-corrected chi connectivity index (χ1v) is 13.5. The summed E-state index contributed by atoms with van der Waals surface area (Å²) < 4.78 is 52.1. The number of carbonyl (C=O) groups is 2. The van der Waals surface area contributed by atoms with E-state index in [1.54, 1.807) is 68.1 Å². The molecule has 0 saturated heterocycles. The summed E-state index contributed by atoms with van der Waals surface area (Å²) in [6.45, 7) is 6.30. The van der Waals surface area contributed by atoms with Gasteiger partial charge in [-0.05, 0) is 62.6 Å². The van der Waals surface area contributed by atoms with Crippen molar-refractivity contribution >= 4 is 28.9 Å². The number of hydrogen-bond donors (Lipinski definition) is 1. The average Bonchev–Trinajstić information content (AvgIpc) is 3.49. The SMILES string of the molecule is CC(C)(C)OC(=O)CNCCC(=O)N1CCc2cc(OCc3cc(-c4ccccc4)c(C(F)(F)F)s3)ccc21. The lowest BCUT2D eigenvalue weighted by atomic mass is 10.1. The molecule has 2 heterocycles. The first-order chi connectivity index (χ1) is 18.4. The van der Waals surface area contributed by atoms with E-state index in [-0.39, 0.29) is 37.0 Å². The molecule has 3 aromatic rings. The molecular weight excluding hydrogens is 529 g/mol. The summed E-state index contributed by atoms with van der Waals surface area (Å²) in [5, 5.41) is 2.94. The Morgan fingerprint density at radius 3 is 2.49 bits per heavy atom. The highest BCUT2D eigenvalue weighted by atomic mass is 32.1. The maximum Gasteiger partial charge on any atom is 0.426 e.